The number of carbonyl (C=O) groups excluding carboxylic acids is 1. The number of benzene rings is 3. The third kappa shape index (κ3) is 4.75. The van der Waals surface area contributed by atoms with E-state index >= 15 is 0 Å². The Hall–Kier alpha value is -3.19. The maximum Gasteiger partial charge on any atom is 0.261 e. The fourth-order valence-electron chi connectivity index (χ4n) is 2.69. The lowest BCUT2D eigenvalue weighted by Crippen LogP contribution is -2.26. The van der Waals surface area contributed by atoms with E-state index in [0.717, 1.165) is 11.6 Å². The highest BCUT2D eigenvalue weighted by Gasteiger charge is 2.17. The molecule has 5 nitrogen and oxygen atoms in total. The molecule has 0 spiro atoms. The third-order valence-corrected chi connectivity index (χ3v) is 5.49. The van der Waals surface area contributed by atoms with Gasteiger partial charge in [0.05, 0.1) is 10.6 Å². The Bertz CT molecular complexity index is 1070. The van der Waals surface area contributed by atoms with Crippen molar-refractivity contribution in [2.45, 2.75) is 11.4 Å². The van der Waals surface area contributed by atoms with Crippen LogP contribution in [0.15, 0.2) is 83.8 Å². The molecular formula is C21H19FN2O3S. The van der Waals surface area contributed by atoms with Crippen LogP contribution >= 0.6 is 0 Å². The lowest BCUT2D eigenvalue weighted by atomic mass is 10.1. The summed E-state index contributed by atoms with van der Waals surface area (Å²) in [7, 11) is -2.20. The van der Waals surface area contributed by atoms with Gasteiger partial charge in [0, 0.05) is 19.2 Å². The summed E-state index contributed by atoms with van der Waals surface area (Å²) in [6, 6.07) is 20.4. The Morgan fingerprint density at radius 1 is 0.964 bits per heavy atom. The van der Waals surface area contributed by atoms with Gasteiger partial charge in [-0.05, 0) is 48.0 Å². The molecule has 0 radical (unpaired) electrons. The number of anilines is 1. The highest BCUT2D eigenvalue weighted by atomic mass is 32.2. The van der Waals surface area contributed by atoms with Gasteiger partial charge in [-0.15, -0.1) is 0 Å². The minimum atomic E-state index is -3.88. The van der Waals surface area contributed by atoms with Crippen molar-refractivity contribution >= 4 is 21.6 Å². The summed E-state index contributed by atoms with van der Waals surface area (Å²) >= 11 is 0. The number of hydrogen-bond acceptors (Lipinski definition) is 3. The molecule has 0 atom stereocenters. The normalized spacial score (nSPS) is 11.1. The molecule has 1 amide bonds. The number of halogens is 1. The number of nitrogens with zero attached hydrogens (tertiary/aromatic N) is 1. The van der Waals surface area contributed by atoms with Gasteiger partial charge in [0.1, 0.15) is 5.82 Å². The molecule has 7 heteroatoms. The monoisotopic (exact) mass is 398 g/mol. The summed E-state index contributed by atoms with van der Waals surface area (Å²) < 4.78 is 40.4. The van der Waals surface area contributed by atoms with Crippen LogP contribution in [-0.4, -0.2) is 26.3 Å². The third-order valence-electron chi connectivity index (χ3n) is 4.10. The fourth-order valence-corrected chi connectivity index (χ4v) is 3.74. The molecule has 0 aliphatic rings. The topological polar surface area (TPSA) is 66.5 Å². The average Bonchev–Trinajstić information content (AvgIpc) is 2.68. The number of amides is 1. The van der Waals surface area contributed by atoms with Gasteiger partial charge in [-0.3, -0.25) is 9.52 Å². The van der Waals surface area contributed by atoms with E-state index in [0.29, 0.717) is 12.1 Å². The van der Waals surface area contributed by atoms with Crippen LogP contribution in [0.25, 0.3) is 0 Å². The molecule has 0 aliphatic carbocycles. The highest BCUT2D eigenvalue weighted by Crippen LogP contribution is 2.18. The van der Waals surface area contributed by atoms with Crippen LogP contribution in [-0.2, 0) is 16.6 Å². The summed E-state index contributed by atoms with van der Waals surface area (Å²) in [6.45, 7) is 0.445. The fraction of sp³-hybridized carbons (Fsp3) is 0.0952. The van der Waals surface area contributed by atoms with Crippen molar-refractivity contribution in [2.75, 3.05) is 11.8 Å². The minimum absolute atomic E-state index is 0.0148. The summed E-state index contributed by atoms with van der Waals surface area (Å²) in [5.74, 6) is -0.756. The van der Waals surface area contributed by atoms with E-state index in [1.54, 1.807) is 11.9 Å². The molecule has 1 N–H and O–H groups in total. The van der Waals surface area contributed by atoms with Crippen molar-refractivity contribution in [3.63, 3.8) is 0 Å². The maximum atomic E-state index is 13.2. The molecule has 0 bridgehead atoms. The molecule has 0 unspecified atom stereocenters. The molecule has 0 saturated heterocycles. The van der Waals surface area contributed by atoms with Crippen molar-refractivity contribution in [3.8, 4) is 0 Å². The van der Waals surface area contributed by atoms with Crippen LogP contribution in [0.3, 0.4) is 0 Å². The zero-order valence-electron chi connectivity index (χ0n) is 15.2. The van der Waals surface area contributed by atoms with Crippen molar-refractivity contribution in [2.24, 2.45) is 0 Å². The van der Waals surface area contributed by atoms with Gasteiger partial charge in [-0.2, -0.15) is 0 Å². The molecule has 3 aromatic carbocycles. The lowest BCUT2D eigenvalue weighted by molar-refractivity contribution is 0.0785. The predicted octanol–water partition coefficient (Wildman–Crippen LogP) is 3.90. The molecule has 0 aromatic heterocycles. The zero-order valence-corrected chi connectivity index (χ0v) is 16.0. The summed E-state index contributed by atoms with van der Waals surface area (Å²) in [4.78, 5) is 14.1. The second-order valence-corrected chi connectivity index (χ2v) is 7.97. The number of hydrogen-bond donors (Lipinski definition) is 1. The standard InChI is InChI=1S/C21H19FN2O3S/c1-24(15-16-6-3-2-4-7-16)21(25)17-10-12-20(13-11-17)28(26,27)23-19-9-5-8-18(22)14-19/h2-14,23H,15H2,1H3. The average molecular weight is 398 g/mol. The van der Waals surface area contributed by atoms with Gasteiger partial charge in [0.2, 0.25) is 0 Å². The van der Waals surface area contributed by atoms with Crippen LogP contribution in [0, 0.1) is 5.82 Å². The number of sulfonamides is 1. The number of carbonyl (C=O) groups is 1. The van der Waals surface area contributed by atoms with Crippen LogP contribution in [0.2, 0.25) is 0 Å². The van der Waals surface area contributed by atoms with E-state index in [9.17, 15) is 17.6 Å². The van der Waals surface area contributed by atoms with Gasteiger partial charge in [0.25, 0.3) is 15.9 Å². The summed E-state index contributed by atoms with van der Waals surface area (Å²) in [6.07, 6.45) is 0. The van der Waals surface area contributed by atoms with Crippen molar-refractivity contribution < 1.29 is 17.6 Å². The largest absolute Gasteiger partial charge is 0.337 e. The molecular weight excluding hydrogens is 379 g/mol. The van der Waals surface area contributed by atoms with E-state index in [2.05, 4.69) is 4.72 Å². The van der Waals surface area contributed by atoms with Crippen LogP contribution in [0.4, 0.5) is 10.1 Å². The zero-order chi connectivity index (χ0) is 20.1. The molecule has 0 fully saturated rings. The van der Waals surface area contributed by atoms with E-state index in [1.807, 2.05) is 30.3 Å². The van der Waals surface area contributed by atoms with E-state index in [1.165, 1.54) is 42.5 Å². The Kier molecular flexibility index (Phi) is 5.75. The molecule has 144 valence electrons. The maximum absolute atomic E-state index is 13.2. The first-order valence-corrected chi connectivity index (χ1v) is 10.0. The Morgan fingerprint density at radius 3 is 2.29 bits per heavy atom. The highest BCUT2D eigenvalue weighted by molar-refractivity contribution is 7.92. The van der Waals surface area contributed by atoms with E-state index < -0.39 is 15.8 Å². The SMILES string of the molecule is CN(Cc1ccccc1)C(=O)c1ccc(S(=O)(=O)Nc2cccc(F)c2)cc1. The van der Waals surface area contributed by atoms with Gasteiger partial charge in [0.15, 0.2) is 0 Å². The lowest BCUT2D eigenvalue weighted by Gasteiger charge is -2.17. The van der Waals surface area contributed by atoms with E-state index in [-0.39, 0.29) is 16.5 Å². The van der Waals surface area contributed by atoms with Crippen LogP contribution in [0.1, 0.15) is 15.9 Å². The Balaban J connectivity index is 1.72. The molecule has 3 rings (SSSR count). The smallest absolute Gasteiger partial charge is 0.261 e. The van der Waals surface area contributed by atoms with Gasteiger partial charge >= 0.3 is 0 Å². The minimum Gasteiger partial charge on any atom is -0.337 e. The number of nitrogens with one attached hydrogen (secondary N) is 1. The Labute approximate surface area is 163 Å². The molecule has 0 aliphatic heterocycles. The van der Waals surface area contributed by atoms with Crippen molar-refractivity contribution in [3.05, 3.63) is 95.8 Å². The predicted molar refractivity (Wildman–Crippen MR) is 106 cm³/mol. The molecule has 3 aromatic rings. The second-order valence-electron chi connectivity index (χ2n) is 6.29. The van der Waals surface area contributed by atoms with Gasteiger partial charge < -0.3 is 4.90 Å². The van der Waals surface area contributed by atoms with Crippen molar-refractivity contribution in [1.82, 2.24) is 4.90 Å². The molecule has 28 heavy (non-hydrogen) atoms. The first-order chi connectivity index (χ1) is 13.3. The van der Waals surface area contributed by atoms with Gasteiger partial charge in [-0.1, -0.05) is 36.4 Å². The Morgan fingerprint density at radius 2 is 1.64 bits per heavy atom. The van der Waals surface area contributed by atoms with Crippen LogP contribution in [0.5, 0.6) is 0 Å². The molecule has 0 heterocycles. The summed E-state index contributed by atoms with van der Waals surface area (Å²) in [5.41, 5.74) is 1.50. The van der Waals surface area contributed by atoms with E-state index in [4.69, 9.17) is 0 Å². The first-order valence-electron chi connectivity index (χ1n) is 8.53. The van der Waals surface area contributed by atoms with Gasteiger partial charge in [-0.25, -0.2) is 12.8 Å². The molecule has 0 saturated carbocycles. The first kappa shape index (κ1) is 19.6. The summed E-state index contributed by atoms with van der Waals surface area (Å²) in [5, 5.41) is 0. The second kappa shape index (κ2) is 8.22. The quantitative estimate of drug-likeness (QED) is 0.685. The number of rotatable bonds is 6. The van der Waals surface area contributed by atoms with Crippen molar-refractivity contribution in [1.29, 1.82) is 0 Å². The van der Waals surface area contributed by atoms with Crippen LogP contribution < -0.4 is 4.72 Å².